The van der Waals surface area contributed by atoms with Crippen molar-refractivity contribution in [2.75, 3.05) is 6.54 Å². The van der Waals surface area contributed by atoms with Crippen LogP contribution in [-0.2, 0) is 28.8 Å². The Hall–Kier alpha value is -3.95. The molecule has 0 aliphatic rings. The number of rotatable bonds is 16. The van der Waals surface area contributed by atoms with E-state index in [0.717, 1.165) is 0 Å². The third kappa shape index (κ3) is 12.8. The van der Waals surface area contributed by atoms with E-state index in [9.17, 15) is 33.9 Å². The number of amides is 4. The van der Waals surface area contributed by atoms with E-state index in [1.807, 2.05) is 0 Å². The lowest BCUT2D eigenvalue weighted by molar-refractivity contribution is -0.144. The van der Waals surface area contributed by atoms with Gasteiger partial charge in [-0.05, 0) is 18.8 Å². The minimum absolute atomic E-state index is 0.0754. The molecule has 0 aromatic rings. The molecule has 13 N–H and O–H groups in total. The summed E-state index contributed by atoms with van der Waals surface area (Å²) in [4.78, 5) is 75.0. The lowest BCUT2D eigenvalue weighted by atomic mass is 10.0. The van der Waals surface area contributed by atoms with E-state index < -0.39 is 78.5 Å². The highest BCUT2D eigenvalue weighted by atomic mass is 16.4. The Balaban J connectivity index is 5.42. The maximum atomic E-state index is 12.8. The fourth-order valence-electron chi connectivity index (χ4n) is 2.78. The predicted molar refractivity (Wildman–Crippen MR) is 122 cm³/mol. The second-order valence-electron chi connectivity index (χ2n) is 8.01. The summed E-state index contributed by atoms with van der Waals surface area (Å²) < 4.78 is 0. The smallest absolute Gasteiger partial charge is 0.326 e. The summed E-state index contributed by atoms with van der Waals surface area (Å²) in [5, 5.41) is 25.2. The van der Waals surface area contributed by atoms with Gasteiger partial charge in [-0.3, -0.25) is 29.0 Å². The lowest BCUT2D eigenvalue weighted by Crippen LogP contribution is -2.59. The molecule has 0 bridgehead atoms. The standard InChI is InChI=1S/C19H34N8O8/c1-8(2)14(27-15(31)9(20)6-12(21)28)17(33)26-11(7-13(29)30)16(32)25-10(18(34)35)4-3-5-24-19(22)23/h8-11,14H,3-7,20H2,1-2H3,(H2,21,28)(H,25,32)(H,26,33)(H,27,31)(H,29,30)(H,34,35)(H4,22,23,24). The van der Waals surface area contributed by atoms with Crippen molar-refractivity contribution in [1.82, 2.24) is 16.0 Å². The molecule has 0 aromatic heterocycles. The zero-order valence-electron chi connectivity index (χ0n) is 19.5. The van der Waals surface area contributed by atoms with Crippen molar-refractivity contribution in [2.24, 2.45) is 33.8 Å². The fraction of sp³-hybridized carbons (Fsp3) is 0.632. The number of guanidine groups is 1. The highest BCUT2D eigenvalue weighted by Crippen LogP contribution is 2.06. The van der Waals surface area contributed by atoms with Crippen LogP contribution in [0.1, 0.15) is 39.5 Å². The largest absolute Gasteiger partial charge is 0.481 e. The number of nitrogens with one attached hydrogen (secondary N) is 3. The fourth-order valence-corrected chi connectivity index (χ4v) is 2.78. The summed E-state index contributed by atoms with van der Waals surface area (Å²) in [7, 11) is 0. The molecular formula is C19H34N8O8. The lowest BCUT2D eigenvalue weighted by Gasteiger charge is -2.26. The number of primary amides is 1. The Morgan fingerprint density at radius 2 is 1.40 bits per heavy atom. The molecule has 0 radical (unpaired) electrons. The summed E-state index contributed by atoms with van der Waals surface area (Å²) in [5.74, 6) is -7.22. The molecule has 0 aliphatic heterocycles. The number of aliphatic imine (C=N–C) groups is 1. The van der Waals surface area contributed by atoms with E-state index in [1.54, 1.807) is 13.8 Å². The number of nitrogens with two attached hydrogens (primary N) is 4. The molecule has 0 heterocycles. The SMILES string of the molecule is CC(C)C(NC(=O)C(N)CC(N)=O)C(=O)NC(CC(=O)O)C(=O)NC(CCCN=C(N)N)C(=O)O. The highest BCUT2D eigenvalue weighted by molar-refractivity contribution is 5.96. The molecule has 4 amide bonds. The van der Waals surface area contributed by atoms with E-state index in [2.05, 4.69) is 20.9 Å². The van der Waals surface area contributed by atoms with Gasteiger partial charge in [0.25, 0.3) is 0 Å². The maximum Gasteiger partial charge on any atom is 0.326 e. The predicted octanol–water partition coefficient (Wildman–Crippen LogP) is -4.09. The minimum Gasteiger partial charge on any atom is -0.481 e. The summed E-state index contributed by atoms with van der Waals surface area (Å²) in [6.45, 7) is 3.23. The molecule has 0 rings (SSSR count). The van der Waals surface area contributed by atoms with Crippen LogP contribution in [0.25, 0.3) is 0 Å². The number of nitrogens with zero attached hydrogens (tertiary/aromatic N) is 1. The van der Waals surface area contributed by atoms with Crippen LogP contribution in [0.4, 0.5) is 0 Å². The molecule has 0 aromatic carbocycles. The first-order valence-corrected chi connectivity index (χ1v) is 10.6. The Morgan fingerprint density at radius 3 is 1.86 bits per heavy atom. The van der Waals surface area contributed by atoms with Gasteiger partial charge >= 0.3 is 11.9 Å². The van der Waals surface area contributed by atoms with Crippen LogP contribution in [0, 0.1) is 5.92 Å². The molecule has 0 saturated carbocycles. The van der Waals surface area contributed by atoms with Gasteiger partial charge in [0.15, 0.2) is 5.96 Å². The molecule has 0 fully saturated rings. The second-order valence-corrected chi connectivity index (χ2v) is 8.01. The van der Waals surface area contributed by atoms with Crippen LogP contribution in [0.5, 0.6) is 0 Å². The van der Waals surface area contributed by atoms with E-state index in [1.165, 1.54) is 0 Å². The Morgan fingerprint density at radius 1 is 0.829 bits per heavy atom. The van der Waals surface area contributed by atoms with Crippen molar-refractivity contribution in [3.63, 3.8) is 0 Å². The van der Waals surface area contributed by atoms with Crippen LogP contribution in [-0.4, -0.2) is 82.5 Å². The summed E-state index contributed by atoms with van der Waals surface area (Å²) >= 11 is 0. The van der Waals surface area contributed by atoms with Crippen LogP contribution < -0.4 is 38.9 Å². The van der Waals surface area contributed by atoms with Crippen LogP contribution >= 0.6 is 0 Å². The summed E-state index contributed by atoms with van der Waals surface area (Å²) in [6.07, 6.45) is -1.22. The monoisotopic (exact) mass is 502 g/mol. The Bertz CT molecular complexity index is 828. The van der Waals surface area contributed by atoms with Crippen LogP contribution in [0.2, 0.25) is 0 Å². The zero-order valence-corrected chi connectivity index (χ0v) is 19.5. The molecule has 0 aliphatic carbocycles. The topological polar surface area (TPSA) is 295 Å². The van der Waals surface area contributed by atoms with Gasteiger partial charge < -0.3 is 49.1 Å². The molecule has 16 nitrogen and oxygen atoms in total. The van der Waals surface area contributed by atoms with Gasteiger partial charge in [0.1, 0.15) is 18.1 Å². The highest BCUT2D eigenvalue weighted by Gasteiger charge is 2.32. The number of carbonyl (C=O) groups excluding carboxylic acids is 4. The first-order valence-electron chi connectivity index (χ1n) is 10.6. The molecule has 198 valence electrons. The number of hydrogen-bond acceptors (Lipinski definition) is 8. The Labute approximate surface area is 201 Å². The first kappa shape index (κ1) is 31.0. The van der Waals surface area contributed by atoms with Gasteiger partial charge in [0, 0.05) is 6.54 Å². The van der Waals surface area contributed by atoms with Gasteiger partial charge in [0.2, 0.25) is 23.6 Å². The van der Waals surface area contributed by atoms with Crippen molar-refractivity contribution < 1.29 is 39.0 Å². The number of hydrogen-bond donors (Lipinski definition) is 9. The minimum atomic E-state index is -1.66. The molecule has 4 unspecified atom stereocenters. The van der Waals surface area contributed by atoms with Gasteiger partial charge in [-0.1, -0.05) is 13.8 Å². The normalized spacial score (nSPS) is 14.1. The average Bonchev–Trinajstić information content (AvgIpc) is 2.71. The van der Waals surface area contributed by atoms with Gasteiger partial charge in [-0.2, -0.15) is 0 Å². The molecule has 0 saturated heterocycles. The summed E-state index contributed by atoms with van der Waals surface area (Å²) in [5.41, 5.74) is 20.9. The maximum absolute atomic E-state index is 12.8. The number of aliphatic carboxylic acids is 2. The third-order valence-electron chi connectivity index (χ3n) is 4.58. The zero-order chi connectivity index (χ0) is 27.3. The quantitative estimate of drug-likeness (QED) is 0.0555. The van der Waals surface area contributed by atoms with Crippen molar-refractivity contribution in [3.05, 3.63) is 0 Å². The third-order valence-corrected chi connectivity index (χ3v) is 4.58. The molecule has 16 heteroatoms. The summed E-state index contributed by atoms with van der Waals surface area (Å²) in [6, 6.07) is -5.63. The van der Waals surface area contributed by atoms with E-state index in [-0.39, 0.29) is 25.3 Å². The van der Waals surface area contributed by atoms with Crippen LogP contribution in [0.3, 0.4) is 0 Å². The van der Waals surface area contributed by atoms with E-state index in [0.29, 0.717) is 0 Å². The van der Waals surface area contributed by atoms with Crippen molar-refractivity contribution in [1.29, 1.82) is 0 Å². The van der Waals surface area contributed by atoms with Crippen molar-refractivity contribution >= 4 is 41.5 Å². The number of carboxylic acids is 2. The number of carboxylic acid groups (broad SMARTS) is 2. The average molecular weight is 503 g/mol. The number of carbonyl (C=O) groups is 6. The second kappa shape index (κ2) is 15.0. The molecular weight excluding hydrogens is 468 g/mol. The van der Waals surface area contributed by atoms with E-state index in [4.69, 9.17) is 28.0 Å². The first-order chi connectivity index (χ1) is 16.1. The van der Waals surface area contributed by atoms with Gasteiger partial charge in [-0.15, -0.1) is 0 Å². The van der Waals surface area contributed by atoms with Gasteiger partial charge in [-0.25, -0.2) is 4.79 Å². The van der Waals surface area contributed by atoms with Crippen LogP contribution in [0.15, 0.2) is 4.99 Å². The van der Waals surface area contributed by atoms with E-state index >= 15 is 0 Å². The molecule has 4 atom stereocenters. The van der Waals surface area contributed by atoms with Gasteiger partial charge in [0.05, 0.1) is 18.9 Å². The van der Waals surface area contributed by atoms with Crippen molar-refractivity contribution in [2.45, 2.75) is 63.7 Å². The van der Waals surface area contributed by atoms with Crippen molar-refractivity contribution in [3.8, 4) is 0 Å². The molecule has 0 spiro atoms. The Kier molecular flexibility index (Phi) is 13.4. The molecule has 35 heavy (non-hydrogen) atoms.